The molecule has 2 rings (SSSR count). The third-order valence-electron chi connectivity index (χ3n) is 4.16. The van der Waals surface area contributed by atoms with Gasteiger partial charge < -0.3 is 15.2 Å². The van der Waals surface area contributed by atoms with Gasteiger partial charge in [0.2, 0.25) is 0 Å². The summed E-state index contributed by atoms with van der Waals surface area (Å²) in [6, 6.07) is 5.01. The molecule has 118 valence electrons. The molecule has 0 amide bonds. The summed E-state index contributed by atoms with van der Waals surface area (Å²) in [7, 11) is 1.47. The molecule has 5 heteroatoms. The van der Waals surface area contributed by atoms with Crippen LogP contribution >= 0.6 is 0 Å². The predicted octanol–water partition coefficient (Wildman–Crippen LogP) is 1.80. The Morgan fingerprint density at radius 3 is 2.62 bits per heavy atom. The van der Waals surface area contributed by atoms with Gasteiger partial charge in [0.15, 0.2) is 11.6 Å². The number of rotatable bonds is 5. The Balaban J connectivity index is 2.38. The van der Waals surface area contributed by atoms with Crippen molar-refractivity contribution < 1.29 is 14.2 Å². The number of hydrogen-bond acceptors (Lipinski definition) is 4. The summed E-state index contributed by atoms with van der Waals surface area (Å²) in [5, 5.41) is 13.1. The average Bonchev–Trinajstić information content (AvgIpc) is 2.50. The van der Waals surface area contributed by atoms with Crippen molar-refractivity contribution in [2.45, 2.75) is 19.9 Å². The second-order valence-corrected chi connectivity index (χ2v) is 6.23. The summed E-state index contributed by atoms with van der Waals surface area (Å²) in [4.78, 5) is 2.35. The van der Waals surface area contributed by atoms with Crippen LogP contribution in [0.2, 0.25) is 0 Å². The van der Waals surface area contributed by atoms with Crippen LogP contribution in [0.15, 0.2) is 18.2 Å². The minimum absolute atomic E-state index is 0.0269. The first-order chi connectivity index (χ1) is 9.99. The third kappa shape index (κ3) is 3.54. The number of benzene rings is 1. The molecule has 1 heterocycles. The van der Waals surface area contributed by atoms with Crippen molar-refractivity contribution in [3.63, 3.8) is 0 Å². The van der Waals surface area contributed by atoms with E-state index in [1.54, 1.807) is 12.1 Å². The number of nitrogens with zero attached hydrogens (tertiary/aromatic N) is 1. The zero-order valence-corrected chi connectivity index (χ0v) is 13.0. The summed E-state index contributed by atoms with van der Waals surface area (Å²) in [6.07, 6.45) is 0. The van der Waals surface area contributed by atoms with Gasteiger partial charge in [-0.25, -0.2) is 4.39 Å². The average molecular weight is 296 g/mol. The standard InChI is InChI=1S/C16H25FN2O2/c1-16(2,11-20)15(19-8-6-18-7-9-19)12-4-5-13(17)14(10-12)21-3/h4-5,10,15,18,20H,6-9,11H2,1-3H3/t15-/m1/s1. The van der Waals surface area contributed by atoms with Gasteiger partial charge >= 0.3 is 0 Å². The Hall–Kier alpha value is -1.17. The fraction of sp³-hybridized carbons (Fsp3) is 0.625. The molecule has 1 saturated heterocycles. The van der Waals surface area contributed by atoms with Gasteiger partial charge in [-0.2, -0.15) is 0 Å². The summed E-state index contributed by atoms with van der Waals surface area (Å²) in [5.41, 5.74) is 0.661. The number of aliphatic hydroxyl groups excluding tert-OH is 1. The van der Waals surface area contributed by atoms with Gasteiger partial charge in [0.05, 0.1) is 7.11 Å². The van der Waals surface area contributed by atoms with Gasteiger partial charge in [0.1, 0.15) is 0 Å². The zero-order valence-electron chi connectivity index (χ0n) is 13.0. The van der Waals surface area contributed by atoms with Crippen LogP contribution in [0.4, 0.5) is 4.39 Å². The highest BCUT2D eigenvalue weighted by atomic mass is 19.1. The lowest BCUT2D eigenvalue weighted by Gasteiger charge is -2.43. The molecule has 1 aromatic rings. The van der Waals surface area contributed by atoms with E-state index in [9.17, 15) is 9.50 Å². The van der Waals surface area contributed by atoms with Crippen LogP contribution in [-0.2, 0) is 0 Å². The lowest BCUT2D eigenvalue weighted by atomic mass is 9.79. The molecule has 0 bridgehead atoms. The highest BCUT2D eigenvalue weighted by molar-refractivity contribution is 5.33. The van der Waals surface area contributed by atoms with E-state index < -0.39 is 0 Å². The van der Waals surface area contributed by atoms with Crippen molar-refractivity contribution >= 4 is 0 Å². The van der Waals surface area contributed by atoms with Gasteiger partial charge in [0, 0.05) is 44.2 Å². The van der Waals surface area contributed by atoms with Crippen molar-refractivity contribution in [2.24, 2.45) is 5.41 Å². The van der Waals surface area contributed by atoms with E-state index in [1.807, 2.05) is 13.8 Å². The number of aliphatic hydroxyl groups is 1. The molecule has 0 unspecified atom stereocenters. The van der Waals surface area contributed by atoms with E-state index in [-0.39, 0.29) is 29.6 Å². The lowest BCUT2D eigenvalue weighted by Crippen LogP contribution is -2.49. The van der Waals surface area contributed by atoms with Crippen molar-refractivity contribution in [1.82, 2.24) is 10.2 Å². The Kier molecular flexibility index (Phi) is 5.19. The number of piperazine rings is 1. The predicted molar refractivity (Wildman–Crippen MR) is 81.0 cm³/mol. The largest absolute Gasteiger partial charge is 0.494 e. The van der Waals surface area contributed by atoms with E-state index in [1.165, 1.54) is 13.2 Å². The first-order valence-electron chi connectivity index (χ1n) is 7.38. The molecular weight excluding hydrogens is 271 g/mol. The number of methoxy groups -OCH3 is 1. The molecule has 0 radical (unpaired) electrons. The summed E-state index contributed by atoms with van der Waals surface area (Å²) in [6.45, 7) is 7.82. The van der Waals surface area contributed by atoms with Crippen LogP contribution in [0, 0.1) is 11.2 Å². The van der Waals surface area contributed by atoms with Gasteiger partial charge in [0.25, 0.3) is 0 Å². The van der Waals surface area contributed by atoms with Crippen LogP contribution in [0.25, 0.3) is 0 Å². The van der Waals surface area contributed by atoms with Crippen LogP contribution in [0.3, 0.4) is 0 Å². The lowest BCUT2D eigenvalue weighted by molar-refractivity contribution is 0.0304. The molecule has 4 nitrogen and oxygen atoms in total. The summed E-state index contributed by atoms with van der Waals surface area (Å²) < 4.78 is 18.8. The maximum absolute atomic E-state index is 13.7. The smallest absolute Gasteiger partial charge is 0.165 e. The summed E-state index contributed by atoms with van der Waals surface area (Å²) >= 11 is 0. The maximum Gasteiger partial charge on any atom is 0.165 e. The SMILES string of the molecule is COc1cc([C@@H](N2CCNCC2)C(C)(C)CO)ccc1F. The minimum atomic E-state index is -0.359. The molecule has 1 aliphatic heterocycles. The van der Waals surface area contributed by atoms with Crippen LogP contribution < -0.4 is 10.1 Å². The highest BCUT2D eigenvalue weighted by Gasteiger charge is 2.36. The molecule has 0 aromatic heterocycles. The normalized spacial score (nSPS) is 18.5. The van der Waals surface area contributed by atoms with Crippen LogP contribution in [-0.4, -0.2) is 49.9 Å². The Labute approximate surface area is 125 Å². The molecule has 0 aliphatic carbocycles. The second-order valence-electron chi connectivity index (χ2n) is 6.23. The van der Waals surface area contributed by atoms with Crippen molar-refractivity contribution in [2.75, 3.05) is 39.9 Å². The molecule has 0 saturated carbocycles. The fourth-order valence-electron chi connectivity index (χ4n) is 3.03. The molecule has 1 aromatic carbocycles. The van der Waals surface area contributed by atoms with Crippen molar-refractivity contribution in [3.8, 4) is 5.75 Å². The number of nitrogens with one attached hydrogen (secondary N) is 1. The van der Waals surface area contributed by atoms with E-state index >= 15 is 0 Å². The van der Waals surface area contributed by atoms with E-state index in [0.717, 1.165) is 31.7 Å². The fourth-order valence-corrected chi connectivity index (χ4v) is 3.03. The van der Waals surface area contributed by atoms with Gasteiger partial charge in [-0.1, -0.05) is 19.9 Å². The minimum Gasteiger partial charge on any atom is -0.494 e. The Morgan fingerprint density at radius 2 is 2.05 bits per heavy atom. The zero-order chi connectivity index (χ0) is 15.5. The summed E-state index contributed by atoms with van der Waals surface area (Å²) in [5.74, 6) is -0.108. The van der Waals surface area contributed by atoms with Gasteiger partial charge in [-0.05, 0) is 17.7 Å². The molecule has 2 N–H and O–H groups in total. The third-order valence-corrected chi connectivity index (χ3v) is 4.16. The molecular formula is C16H25FN2O2. The highest BCUT2D eigenvalue weighted by Crippen LogP contribution is 2.39. The quantitative estimate of drug-likeness (QED) is 0.870. The monoisotopic (exact) mass is 296 g/mol. The molecule has 0 spiro atoms. The first kappa shape index (κ1) is 16.2. The Bertz CT molecular complexity index is 473. The van der Waals surface area contributed by atoms with E-state index in [0.29, 0.717) is 0 Å². The maximum atomic E-state index is 13.7. The number of ether oxygens (including phenoxy) is 1. The molecule has 21 heavy (non-hydrogen) atoms. The van der Waals surface area contributed by atoms with E-state index in [2.05, 4.69) is 10.2 Å². The second kappa shape index (κ2) is 6.73. The van der Waals surface area contributed by atoms with Crippen LogP contribution in [0.5, 0.6) is 5.75 Å². The number of halogens is 1. The topological polar surface area (TPSA) is 44.7 Å². The molecule has 1 fully saturated rings. The van der Waals surface area contributed by atoms with Crippen molar-refractivity contribution in [1.29, 1.82) is 0 Å². The first-order valence-corrected chi connectivity index (χ1v) is 7.38. The van der Waals surface area contributed by atoms with Crippen LogP contribution in [0.1, 0.15) is 25.5 Å². The Morgan fingerprint density at radius 1 is 1.38 bits per heavy atom. The van der Waals surface area contributed by atoms with Gasteiger partial charge in [-0.15, -0.1) is 0 Å². The molecule has 1 atom stereocenters. The van der Waals surface area contributed by atoms with E-state index in [4.69, 9.17) is 4.74 Å². The van der Waals surface area contributed by atoms with Gasteiger partial charge in [-0.3, -0.25) is 4.90 Å². The molecule has 1 aliphatic rings. The van der Waals surface area contributed by atoms with Crippen molar-refractivity contribution in [3.05, 3.63) is 29.6 Å². The number of hydrogen-bond donors (Lipinski definition) is 2.